The van der Waals surface area contributed by atoms with Crippen LogP contribution >= 0.6 is 0 Å². The second-order valence-electron chi connectivity index (χ2n) is 6.71. The van der Waals surface area contributed by atoms with Crippen LogP contribution in [0, 0.1) is 0 Å². The first-order chi connectivity index (χ1) is 15.0. The summed E-state index contributed by atoms with van der Waals surface area (Å²) in [6.45, 7) is 4.20. The van der Waals surface area contributed by atoms with Gasteiger partial charge in [-0.2, -0.15) is 0 Å². The number of pyridine rings is 1. The summed E-state index contributed by atoms with van der Waals surface area (Å²) in [4.78, 5) is 27.7. The first kappa shape index (κ1) is 24.1. The highest BCUT2D eigenvalue weighted by Crippen LogP contribution is 2.33. The number of carbonyl (C=O) groups excluding carboxylic acids is 2. The number of ether oxygens (including phenoxy) is 3. The Morgan fingerprint density at radius 2 is 1.97 bits per heavy atom. The van der Waals surface area contributed by atoms with Gasteiger partial charge < -0.3 is 30.6 Å². The van der Waals surface area contributed by atoms with E-state index in [1.54, 1.807) is 36.5 Å². The number of nitrogens with two attached hydrogens (primary N) is 1. The molecular weight excluding hydrogens is 400 g/mol. The average Bonchev–Trinajstić information content (AvgIpc) is 2.78. The van der Waals surface area contributed by atoms with Crippen molar-refractivity contribution in [1.82, 2.24) is 15.6 Å². The average molecular weight is 431 g/mol. The zero-order valence-electron chi connectivity index (χ0n) is 17.9. The van der Waals surface area contributed by atoms with Gasteiger partial charge in [-0.1, -0.05) is 12.1 Å². The van der Waals surface area contributed by atoms with Crippen molar-refractivity contribution >= 4 is 11.9 Å². The number of nitrogens with zero attached hydrogens (tertiary/aromatic N) is 1. The lowest BCUT2D eigenvalue weighted by atomic mass is 10.1. The van der Waals surface area contributed by atoms with Crippen LogP contribution in [0.3, 0.4) is 0 Å². The van der Waals surface area contributed by atoms with Crippen molar-refractivity contribution in [3.8, 4) is 11.5 Å². The summed E-state index contributed by atoms with van der Waals surface area (Å²) in [7, 11) is 1.88. The molecule has 2 aromatic rings. The molecule has 0 saturated heterocycles. The van der Waals surface area contributed by atoms with Gasteiger partial charge >= 0.3 is 5.97 Å². The highest BCUT2D eigenvalue weighted by Gasteiger charge is 2.21. The Hall–Kier alpha value is -3.17. The van der Waals surface area contributed by atoms with E-state index in [-0.39, 0.29) is 18.9 Å². The molecule has 1 aliphatic heterocycles. The monoisotopic (exact) mass is 430 g/mol. The van der Waals surface area contributed by atoms with Crippen LogP contribution < -0.4 is 25.8 Å². The zero-order chi connectivity index (χ0) is 22.5. The minimum Gasteiger partial charge on any atom is -0.486 e. The van der Waals surface area contributed by atoms with E-state index in [0.29, 0.717) is 30.4 Å². The fraction of sp³-hybridized carbons (Fsp3) is 0.409. The third-order valence-corrected chi connectivity index (χ3v) is 4.19. The summed E-state index contributed by atoms with van der Waals surface area (Å²) in [5.41, 5.74) is 6.42. The van der Waals surface area contributed by atoms with Gasteiger partial charge in [0.15, 0.2) is 11.5 Å². The number of nitrogens with one attached hydrogen (secondary N) is 2. The van der Waals surface area contributed by atoms with Crippen molar-refractivity contribution in [2.24, 2.45) is 5.73 Å². The van der Waals surface area contributed by atoms with E-state index in [1.165, 1.54) is 6.92 Å². The Bertz CT molecular complexity index is 830. The minimum absolute atomic E-state index is 0.0575. The second-order valence-corrected chi connectivity index (χ2v) is 6.71. The van der Waals surface area contributed by atoms with Crippen molar-refractivity contribution in [2.45, 2.75) is 19.4 Å². The van der Waals surface area contributed by atoms with E-state index >= 15 is 0 Å². The van der Waals surface area contributed by atoms with Gasteiger partial charge in [0, 0.05) is 26.2 Å². The van der Waals surface area contributed by atoms with Crippen molar-refractivity contribution in [2.75, 3.05) is 39.9 Å². The molecule has 31 heavy (non-hydrogen) atoms. The number of fused-ring (bicyclic) bond motifs is 1. The maximum absolute atomic E-state index is 12.3. The highest BCUT2D eigenvalue weighted by atomic mass is 16.6. The number of likely N-dealkylation sites (N-methyl/N-ethyl adjacent to an activating group) is 1. The van der Waals surface area contributed by atoms with Gasteiger partial charge in [0.1, 0.15) is 19.3 Å². The van der Waals surface area contributed by atoms with Crippen LogP contribution in [-0.2, 0) is 20.7 Å². The van der Waals surface area contributed by atoms with E-state index in [9.17, 15) is 9.59 Å². The quantitative estimate of drug-likeness (QED) is 0.530. The molecule has 2 heterocycles. The molecule has 9 nitrogen and oxygen atoms in total. The summed E-state index contributed by atoms with van der Waals surface area (Å²) >= 11 is 0. The van der Waals surface area contributed by atoms with Gasteiger partial charge in [-0.3, -0.25) is 14.6 Å². The van der Waals surface area contributed by atoms with Gasteiger partial charge in [-0.05, 0) is 36.9 Å². The van der Waals surface area contributed by atoms with Gasteiger partial charge in [-0.25, -0.2) is 0 Å². The lowest BCUT2D eigenvalue weighted by molar-refractivity contribution is -0.149. The largest absolute Gasteiger partial charge is 0.486 e. The summed E-state index contributed by atoms with van der Waals surface area (Å²) in [5.74, 6) is 0.627. The number of esters is 1. The molecule has 1 amide bonds. The van der Waals surface area contributed by atoms with Crippen LogP contribution in [0.15, 0.2) is 42.6 Å². The fourth-order valence-electron chi connectivity index (χ4n) is 2.72. The molecular formula is C22H30N4O5. The minimum atomic E-state index is -0.633. The highest BCUT2D eigenvalue weighted by molar-refractivity contribution is 5.74. The van der Waals surface area contributed by atoms with Crippen molar-refractivity contribution in [3.05, 3.63) is 53.9 Å². The molecule has 168 valence electrons. The van der Waals surface area contributed by atoms with E-state index in [2.05, 4.69) is 15.6 Å². The van der Waals surface area contributed by atoms with Crippen LogP contribution in [0.1, 0.15) is 24.3 Å². The molecule has 0 bridgehead atoms. The van der Waals surface area contributed by atoms with Gasteiger partial charge in [0.05, 0.1) is 18.7 Å². The third kappa shape index (κ3) is 8.61. The first-order valence-electron chi connectivity index (χ1n) is 10.1. The number of hydrogen-bond donors (Lipinski definition) is 3. The molecule has 1 aromatic carbocycles. The Balaban J connectivity index is 0.000000614. The van der Waals surface area contributed by atoms with Crippen molar-refractivity contribution in [1.29, 1.82) is 0 Å². The molecule has 9 heteroatoms. The van der Waals surface area contributed by atoms with E-state index in [1.807, 2.05) is 13.1 Å². The molecule has 1 unspecified atom stereocenters. The topological polar surface area (TPSA) is 125 Å². The number of rotatable bonds is 8. The molecule has 0 aliphatic carbocycles. The van der Waals surface area contributed by atoms with Gasteiger partial charge in [-0.15, -0.1) is 0 Å². The van der Waals surface area contributed by atoms with Gasteiger partial charge in [0.2, 0.25) is 5.91 Å². The number of benzene rings is 1. The van der Waals surface area contributed by atoms with Crippen LogP contribution in [0.4, 0.5) is 0 Å². The molecule has 1 aromatic heterocycles. The Kier molecular flexibility index (Phi) is 10.3. The van der Waals surface area contributed by atoms with Crippen LogP contribution in [0.5, 0.6) is 11.5 Å². The lowest BCUT2D eigenvalue weighted by Gasteiger charge is -2.22. The molecule has 4 N–H and O–H groups in total. The smallest absolute Gasteiger partial charge is 0.312 e. The normalized spacial score (nSPS) is 12.7. The molecule has 0 fully saturated rings. The van der Waals surface area contributed by atoms with Crippen molar-refractivity contribution < 1.29 is 23.8 Å². The predicted molar refractivity (Wildman–Crippen MR) is 116 cm³/mol. The van der Waals surface area contributed by atoms with Crippen LogP contribution in [-0.4, -0.2) is 56.8 Å². The standard InChI is InChI=1S/C19H20N2O5.C3H10N2/c1-13(22)21-12-18(26-19(23)11-15-4-2-3-7-20-15)14-5-6-16-17(10-14)25-9-8-24-16;1-5-3-2-4/h2-7,10,18H,8-9,11-12H2,1H3,(H,21,22);5H,2-4H2,1H3. The molecule has 0 radical (unpaired) electrons. The predicted octanol–water partition coefficient (Wildman–Crippen LogP) is 0.980. The van der Waals surface area contributed by atoms with E-state index in [4.69, 9.17) is 19.9 Å². The van der Waals surface area contributed by atoms with Crippen LogP contribution in [0.2, 0.25) is 0 Å². The number of hydrogen-bond acceptors (Lipinski definition) is 8. The molecule has 0 spiro atoms. The van der Waals surface area contributed by atoms with Gasteiger partial charge in [0.25, 0.3) is 0 Å². The summed E-state index contributed by atoms with van der Waals surface area (Å²) in [6.07, 6.45) is 1.05. The van der Waals surface area contributed by atoms with E-state index < -0.39 is 12.1 Å². The maximum atomic E-state index is 12.3. The first-order valence-corrected chi connectivity index (χ1v) is 10.1. The maximum Gasteiger partial charge on any atom is 0.312 e. The Morgan fingerprint density at radius 3 is 2.58 bits per heavy atom. The molecule has 3 rings (SSSR count). The molecule has 1 atom stereocenters. The zero-order valence-corrected chi connectivity index (χ0v) is 17.9. The number of carbonyl (C=O) groups is 2. The second kappa shape index (κ2) is 13.2. The summed E-state index contributed by atoms with van der Waals surface area (Å²) in [6, 6.07) is 10.7. The van der Waals surface area contributed by atoms with E-state index in [0.717, 1.165) is 18.7 Å². The Morgan fingerprint density at radius 1 is 1.19 bits per heavy atom. The fourth-order valence-corrected chi connectivity index (χ4v) is 2.72. The molecule has 0 saturated carbocycles. The lowest BCUT2D eigenvalue weighted by Crippen LogP contribution is -2.29. The number of aromatic nitrogens is 1. The Labute approximate surface area is 182 Å². The summed E-state index contributed by atoms with van der Waals surface area (Å²) in [5, 5.41) is 5.58. The summed E-state index contributed by atoms with van der Waals surface area (Å²) < 4.78 is 16.7. The van der Waals surface area contributed by atoms with Crippen molar-refractivity contribution in [3.63, 3.8) is 0 Å². The number of amides is 1. The van der Waals surface area contributed by atoms with Crippen LogP contribution in [0.25, 0.3) is 0 Å². The SMILES string of the molecule is CC(=O)NCC(OC(=O)Cc1ccccn1)c1ccc2c(c1)OCCO2.CNCCN. The molecule has 1 aliphatic rings. The third-order valence-electron chi connectivity index (χ3n) is 4.19.